The second kappa shape index (κ2) is 9.02. The smallest absolute Gasteiger partial charge is 0.410 e. The quantitative estimate of drug-likeness (QED) is 0.492. The predicted molar refractivity (Wildman–Crippen MR) is 137 cm³/mol. The molecular formula is C29H29N3O3. The number of rotatable bonds is 3. The van der Waals surface area contributed by atoms with E-state index < -0.39 is 11.5 Å². The molecule has 3 aromatic rings. The number of anilines is 1. The van der Waals surface area contributed by atoms with E-state index in [9.17, 15) is 9.59 Å². The molecule has 0 bridgehead atoms. The van der Waals surface area contributed by atoms with Crippen LogP contribution in [0.2, 0.25) is 0 Å². The monoisotopic (exact) mass is 467 g/mol. The fourth-order valence-electron chi connectivity index (χ4n) is 4.69. The number of nitrogens with one attached hydrogen (secondary N) is 1. The third kappa shape index (κ3) is 4.69. The Morgan fingerprint density at radius 2 is 1.74 bits per heavy atom. The van der Waals surface area contributed by atoms with Crippen LogP contribution in [0.4, 0.5) is 16.2 Å². The Labute approximate surface area is 205 Å². The number of amides is 2. The van der Waals surface area contributed by atoms with E-state index in [1.54, 1.807) is 4.90 Å². The Hall–Kier alpha value is -3.93. The number of hydrogen-bond donors (Lipinski definition) is 1. The maximum Gasteiger partial charge on any atom is 0.410 e. The van der Waals surface area contributed by atoms with Crippen molar-refractivity contribution in [2.24, 2.45) is 4.99 Å². The van der Waals surface area contributed by atoms with E-state index in [0.717, 1.165) is 39.3 Å². The standard InChI is InChI=1S/C29H29N3O3/c1-29(2,3)35-28(34)32-17-16-21-20(18-32)12-9-15-23(21)30-26(19-10-5-4-6-11-19)25-22-13-7-8-14-24(22)31-27(25)33/h4-15,25H,16-18H2,1-3H3,(H,31,33). The van der Waals surface area contributed by atoms with Crippen molar-refractivity contribution in [1.82, 2.24) is 4.90 Å². The normalized spacial score (nSPS) is 17.5. The molecule has 2 heterocycles. The molecule has 0 radical (unpaired) electrons. The molecule has 1 unspecified atom stereocenters. The van der Waals surface area contributed by atoms with Gasteiger partial charge in [-0.2, -0.15) is 0 Å². The molecular weight excluding hydrogens is 438 g/mol. The first-order valence-corrected chi connectivity index (χ1v) is 11.9. The Kier molecular flexibility index (Phi) is 5.89. The van der Waals surface area contributed by atoms with E-state index in [1.807, 2.05) is 93.6 Å². The Morgan fingerprint density at radius 3 is 2.51 bits per heavy atom. The molecule has 2 aliphatic heterocycles. The van der Waals surface area contributed by atoms with Crippen LogP contribution in [0.5, 0.6) is 0 Å². The van der Waals surface area contributed by atoms with Crippen LogP contribution in [0.25, 0.3) is 0 Å². The number of hydrogen-bond acceptors (Lipinski definition) is 4. The number of carbonyl (C=O) groups is 2. The van der Waals surface area contributed by atoms with Crippen molar-refractivity contribution in [2.75, 3.05) is 11.9 Å². The minimum atomic E-state index is -0.535. The summed E-state index contributed by atoms with van der Waals surface area (Å²) in [5.74, 6) is -0.569. The molecule has 0 spiro atoms. The first-order chi connectivity index (χ1) is 16.8. The van der Waals surface area contributed by atoms with Gasteiger partial charge in [0.15, 0.2) is 0 Å². The van der Waals surface area contributed by atoms with Gasteiger partial charge in [-0.15, -0.1) is 0 Å². The molecule has 2 amide bonds. The fourth-order valence-corrected chi connectivity index (χ4v) is 4.69. The minimum absolute atomic E-state index is 0.0743. The van der Waals surface area contributed by atoms with Gasteiger partial charge in [0.25, 0.3) is 0 Å². The summed E-state index contributed by atoms with van der Waals surface area (Å²) >= 11 is 0. The van der Waals surface area contributed by atoms with Gasteiger partial charge < -0.3 is 15.0 Å². The van der Waals surface area contributed by atoms with Crippen LogP contribution in [0.3, 0.4) is 0 Å². The molecule has 0 aliphatic carbocycles. The van der Waals surface area contributed by atoms with Gasteiger partial charge in [0.2, 0.25) is 5.91 Å². The SMILES string of the molecule is CC(C)(C)OC(=O)N1CCc2c(cccc2N=C(c2ccccc2)C2C(=O)Nc3ccccc32)C1. The summed E-state index contributed by atoms with van der Waals surface area (Å²) in [7, 11) is 0. The molecule has 0 fully saturated rings. The molecule has 35 heavy (non-hydrogen) atoms. The third-order valence-electron chi connectivity index (χ3n) is 6.27. The topological polar surface area (TPSA) is 71.0 Å². The van der Waals surface area contributed by atoms with Crippen molar-refractivity contribution in [3.63, 3.8) is 0 Å². The highest BCUT2D eigenvalue weighted by molar-refractivity contribution is 6.24. The van der Waals surface area contributed by atoms with Gasteiger partial charge in [0.1, 0.15) is 11.5 Å². The van der Waals surface area contributed by atoms with Gasteiger partial charge in [-0.1, -0.05) is 60.7 Å². The molecule has 6 nitrogen and oxygen atoms in total. The number of carbonyl (C=O) groups excluding carboxylic acids is 2. The third-order valence-corrected chi connectivity index (χ3v) is 6.27. The molecule has 1 atom stereocenters. The van der Waals surface area contributed by atoms with Crippen molar-refractivity contribution in [3.05, 3.63) is 95.1 Å². The summed E-state index contributed by atoms with van der Waals surface area (Å²) in [6.45, 7) is 6.65. The lowest BCUT2D eigenvalue weighted by molar-refractivity contribution is -0.115. The van der Waals surface area contributed by atoms with Gasteiger partial charge >= 0.3 is 6.09 Å². The average molecular weight is 468 g/mol. The van der Waals surface area contributed by atoms with Gasteiger partial charge in [-0.25, -0.2) is 4.79 Å². The molecule has 2 aliphatic rings. The zero-order valence-electron chi connectivity index (χ0n) is 20.2. The molecule has 3 aromatic carbocycles. The zero-order chi connectivity index (χ0) is 24.6. The molecule has 1 N–H and O–H groups in total. The second-order valence-corrected chi connectivity index (χ2v) is 9.94. The van der Waals surface area contributed by atoms with Crippen molar-refractivity contribution < 1.29 is 14.3 Å². The van der Waals surface area contributed by atoms with Gasteiger partial charge in [0.05, 0.1) is 11.4 Å². The van der Waals surface area contributed by atoms with Crippen LogP contribution in [-0.2, 0) is 22.5 Å². The summed E-state index contributed by atoms with van der Waals surface area (Å²) in [5, 5.41) is 3.00. The summed E-state index contributed by atoms with van der Waals surface area (Å²) in [6, 6.07) is 23.6. The average Bonchev–Trinajstić information content (AvgIpc) is 3.17. The van der Waals surface area contributed by atoms with Crippen LogP contribution >= 0.6 is 0 Å². The van der Waals surface area contributed by atoms with Crippen LogP contribution < -0.4 is 5.32 Å². The van der Waals surface area contributed by atoms with Crippen LogP contribution in [-0.4, -0.2) is 34.8 Å². The predicted octanol–water partition coefficient (Wildman–Crippen LogP) is 5.84. The Bertz CT molecular complexity index is 1310. The molecule has 6 heteroatoms. The van der Waals surface area contributed by atoms with E-state index in [-0.39, 0.29) is 12.0 Å². The minimum Gasteiger partial charge on any atom is -0.444 e. The van der Waals surface area contributed by atoms with Crippen molar-refractivity contribution in [1.29, 1.82) is 0 Å². The van der Waals surface area contributed by atoms with Crippen LogP contribution in [0.15, 0.2) is 77.8 Å². The van der Waals surface area contributed by atoms with Gasteiger partial charge in [0, 0.05) is 18.8 Å². The lowest BCUT2D eigenvalue weighted by atomic mass is 9.90. The Morgan fingerprint density at radius 1 is 1.00 bits per heavy atom. The molecule has 5 rings (SSSR count). The van der Waals surface area contributed by atoms with E-state index in [2.05, 4.69) is 5.32 Å². The lowest BCUT2D eigenvalue weighted by Crippen LogP contribution is -2.39. The highest BCUT2D eigenvalue weighted by Gasteiger charge is 2.35. The van der Waals surface area contributed by atoms with Crippen LogP contribution in [0.1, 0.15) is 48.9 Å². The maximum atomic E-state index is 13.1. The first kappa shape index (κ1) is 22.8. The second-order valence-electron chi connectivity index (χ2n) is 9.94. The van der Waals surface area contributed by atoms with Gasteiger partial charge in [-0.05, 0) is 61.6 Å². The summed E-state index contributed by atoms with van der Waals surface area (Å²) in [6.07, 6.45) is 0.366. The molecule has 0 saturated carbocycles. The first-order valence-electron chi connectivity index (χ1n) is 11.9. The van der Waals surface area contributed by atoms with Crippen molar-refractivity contribution in [3.8, 4) is 0 Å². The summed E-state index contributed by atoms with van der Waals surface area (Å²) in [4.78, 5) is 32.6. The number of fused-ring (bicyclic) bond motifs is 2. The van der Waals surface area contributed by atoms with Crippen molar-refractivity contribution >= 4 is 29.1 Å². The molecule has 0 saturated heterocycles. The van der Waals surface area contributed by atoms with Gasteiger partial charge in [-0.3, -0.25) is 9.79 Å². The number of ether oxygens (including phenoxy) is 1. The van der Waals surface area contributed by atoms with E-state index in [0.29, 0.717) is 19.5 Å². The van der Waals surface area contributed by atoms with E-state index in [1.165, 1.54) is 0 Å². The summed E-state index contributed by atoms with van der Waals surface area (Å²) in [5.41, 5.74) is 5.84. The highest BCUT2D eigenvalue weighted by atomic mass is 16.6. The maximum absolute atomic E-state index is 13.1. The molecule has 178 valence electrons. The van der Waals surface area contributed by atoms with E-state index in [4.69, 9.17) is 9.73 Å². The number of benzene rings is 3. The Balaban J connectivity index is 1.54. The summed E-state index contributed by atoms with van der Waals surface area (Å²) < 4.78 is 5.57. The highest BCUT2D eigenvalue weighted by Crippen LogP contribution is 2.37. The molecule has 0 aromatic heterocycles. The van der Waals surface area contributed by atoms with Crippen LogP contribution in [0, 0.1) is 0 Å². The van der Waals surface area contributed by atoms with E-state index >= 15 is 0 Å². The number of para-hydroxylation sites is 1. The number of nitrogens with zero attached hydrogens (tertiary/aromatic N) is 2. The lowest BCUT2D eigenvalue weighted by Gasteiger charge is -2.31. The fraction of sp³-hybridized carbons (Fsp3) is 0.276. The number of aliphatic imine (C=N–C) groups is 1. The largest absolute Gasteiger partial charge is 0.444 e. The van der Waals surface area contributed by atoms with Crippen molar-refractivity contribution in [2.45, 2.75) is 45.3 Å². The zero-order valence-corrected chi connectivity index (χ0v) is 20.2.